The maximum Gasteiger partial charge on any atom is 0.234 e. The number of aromatic nitrogens is 4. The van der Waals surface area contributed by atoms with Crippen LogP contribution in [0.1, 0.15) is 16.7 Å². The number of hydrogen-bond acceptors (Lipinski definition) is 5. The quantitative estimate of drug-likeness (QED) is 0.481. The topological polar surface area (TPSA) is 72.7 Å². The summed E-state index contributed by atoms with van der Waals surface area (Å²) in [6.45, 7) is 10.4. The average molecular weight is 394 g/mol. The summed E-state index contributed by atoms with van der Waals surface area (Å²) in [7, 11) is 0. The van der Waals surface area contributed by atoms with Crippen molar-refractivity contribution in [3.63, 3.8) is 0 Å². The van der Waals surface area contributed by atoms with Gasteiger partial charge in [0.2, 0.25) is 5.91 Å². The van der Waals surface area contributed by atoms with Crippen molar-refractivity contribution in [3.05, 3.63) is 66.0 Å². The first-order chi connectivity index (χ1) is 13.5. The van der Waals surface area contributed by atoms with E-state index < -0.39 is 0 Å². The molecule has 2 heterocycles. The zero-order valence-electron chi connectivity index (χ0n) is 16.3. The highest BCUT2D eigenvalue weighted by molar-refractivity contribution is 7.99. The van der Waals surface area contributed by atoms with E-state index in [4.69, 9.17) is 0 Å². The normalized spacial score (nSPS) is 10.7. The minimum absolute atomic E-state index is 0.0707. The van der Waals surface area contributed by atoms with Crippen LogP contribution in [-0.2, 0) is 11.3 Å². The van der Waals surface area contributed by atoms with Gasteiger partial charge < -0.3 is 5.32 Å². The Morgan fingerprint density at radius 3 is 2.50 bits per heavy atom. The number of carbonyl (C=O) groups is 1. The van der Waals surface area contributed by atoms with E-state index in [2.05, 4.69) is 39.2 Å². The predicted octanol–water partition coefficient (Wildman–Crippen LogP) is 4.18. The molecule has 1 amide bonds. The molecule has 0 aliphatic heterocycles. The van der Waals surface area contributed by atoms with Crippen LogP contribution >= 0.6 is 11.8 Å². The first kappa shape index (κ1) is 19.8. The van der Waals surface area contributed by atoms with E-state index in [1.54, 1.807) is 18.5 Å². The van der Waals surface area contributed by atoms with Gasteiger partial charge in [-0.25, -0.2) is 0 Å². The molecule has 0 aliphatic carbocycles. The summed E-state index contributed by atoms with van der Waals surface area (Å²) in [5.41, 5.74) is 5.10. The highest BCUT2D eigenvalue weighted by Crippen LogP contribution is 2.25. The maximum absolute atomic E-state index is 12.5. The van der Waals surface area contributed by atoms with E-state index in [1.807, 2.05) is 37.5 Å². The van der Waals surface area contributed by atoms with Crippen LogP contribution in [0.4, 0.5) is 5.69 Å². The summed E-state index contributed by atoms with van der Waals surface area (Å²) < 4.78 is 1.95. The summed E-state index contributed by atoms with van der Waals surface area (Å²) in [6.07, 6.45) is 5.22. The second-order valence-corrected chi connectivity index (χ2v) is 7.49. The molecule has 0 saturated heterocycles. The van der Waals surface area contributed by atoms with Crippen LogP contribution in [0.2, 0.25) is 0 Å². The largest absolute Gasteiger partial charge is 0.325 e. The van der Waals surface area contributed by atoms with E-state index in [9.17, 15) is 4.79 Å². The molecule has 2 aromatic heterocycles. The summed E-state index contributed by atoms with van der Waals surface area (Å²) >= 11 is 1.36. The van der Waals surface area contributed by atoms with E-state index >= 15 is 0 Å². The van der Waals surface area contributed by atoms with Crippen LogP contribution in [0.3, 0.4) is 0 Å². The Hall–Kier alpha value is -2.93. The molecule has 0 radical (unpaired) electrons. The van der Waals surface area contributed by atoms with Crippen molar-refractivity contribution in [3.8, 4) is 11.4 Å². The fourth-order valence-corrected chi connectivity index (χ4v) is 3.83. The van der Waals surface area contributed by atoms with E-state index in [0.717, 1.165) is 28.2 Å². The van der Waals surface area contributed by atoms with Gasteiger partial charge in [-0.3, -0.25) is 14.3 Å². The SMILES string of the molecule is C=CCn1c(SCC(=O)Nc2c(C)cc(C)cc2C)nnc1-c1ccncc1. The molecular weight excluding hydrogens is 370 g/mol. The van der Waals surface area contributed by atoms with Crippen molar-refractivity contribution < 1.29 is 4.79 Å². The van der Waals surface area contributed by atoms with Gasteiger partial charge in [-0.15, -0.1) is 16.8 Å². The lowest BCUT2D eigenvalue weighted by Gasteiger charge is -2.13. The lowest BCUT2D eigenvalue weighted by Crippen LogP contribution is -2.16. The second-order valence-electron chi connectivity index (χ2n) is 6.55. The number of nitrogens with zero attached hydrogens (tertiary/aromatic N) is 4. The lowest BCUT2D eigenvalue weighted by atomic mass is 10.1. The zero-order chi connectivity index (χ0) is 20.1. The number of allylic oxidation sites excluding steroid dienone is 1. The van der Waals surface area contributed by atoms with Gasteiger partial charge in [0, 0.05) is 30.2 Å². The van der Waals surface area contributed by atoms with Crippen LogP contribution < -0.4 is 5.32 Å². The molecule has 28 heavy (non-hydrogen) atoms. The van der Waals surface area contributed by atoms with Gasteiger partial charge in [0.25, 0.3) is 0 Å². The Morgan fingerprint density at radius 2 is 1.86 bits per heavy atom. The van der Waals surface area contributed by atoms with Gasteiger partial charge in [-0.2, -0.15) is 0 Å². The Morgan fingerprint density at radius 1 is 1.18 bits per heavy atom. The van der Waals surface area contributed by atoms with Crippen molar-refractivity contribution in [1.82, 2.24) is 19.7 Å². The van der Waals surface area contributed by atoms with Crippen LogP contribution in [0.25, 0.3) is 11.4 Å². The number of pyridine rings is 1. The fraction of sp³-hybridized carbons (Fsp3) is 0.238. The Balaban J connectivity index is 1.73. The molecule has 1 aromatic carbocycles. The third-order valence-electron chi connectivity index (χ3n) is 4.24. The van der Waals surface area contributed by atoms with E-state index in [0.29, 0.717) is 11.7 Å². The number of benzene rings is 1. The molecule has 0 unspecified atom stereocenters. The van der Waals surface area contributed by atoms with Crippen molar-refractivity contribution in [2.75, 3.05) is 11.1 Å². The standard InChI is InChI=1S/C21H23N5OS/c1-5-10-26-20(17-6-8-22-9-7-17)24-25-21(26)28-13-18(27)23-19-15(3)11-14(2)12-16(19)4/h5-9,11-12H,1,10,13H2,2-4H3,(H,23,27). The molecule has 6 nitrogen and oxygen atoms in total. The van der Waals surface area contributed by atoms with Crippen LogP contribution in [-0.4, -0.2) is 31.4 Å². The molecule has 144 valence electrons. The molecule has 7 heteroatoms. The molecule has 0 saturated carbocycles. The monoisotopic (exact) mass is 393 g/mol. The molecule has 0 aliphatic rings. The molecule has 0 atom stereocenters. The molecule has 0 bridgehead atoms. The summed E-state index contributed by atoms with van der Waals surface area (Å²) in [6, 6.07) is 7.90. The van der Waals surface area contributed by atoms with Crippen molar-refractivity contribution in [2.24, 2.45) is 0 Å². The predicted molar refractivity (Wildman–Crippen MR) is 113 cm³/mol. The van der Waals surface area contributed by atoms with Gasteiger partial charge in [0.1, 0.15) is 0 Å². The van der Waals surface area contributed by atoms with Crippen LogP contribution in [0.15, 0.2) is 54.5 Å². The Bertz CT molecular complexity index is 974. The maximum atomic E-state index is 12.5. The average Bonchev–Trinajstić information content (AvgIpc) is 3.07. The smallest absolute Gasteiger partial charge is 0.234 e. The van der Waals surface area contributed by atoms with Crippen molar-refractivity contribution in [1.29, 1.82) is 0 Å². The number of nitrogens with one attached hydrogen (secondary N) is 1. The van der Waals surface area contributed by atoms with Gasteiger partial charge in [0.05, 0.1) is 5.75 Å². The molecule has 0 fully saturated rings. The van der Waals surface area contributed by atoms with Gasteiger partial charge in [0.15, 0.2) is 11.0 Å². The van der Waals surface area contributed by atoms with Crippen molar-refractivity contribution >= 4 is 23.4 Å². The van der Waals surface area contributed by atoms with Gasteiger partial charge >= 0.3 is 0 Å². The molecule has 3 rings (SSSR count). The van der Waals surface area contributed by atoms with Gasteiger partial charge in [-0.05, 0) is 44.0 Å². The fourth-order valence-electron chi connectivity index (χ4n) is 3.09. The number of carbonyl (C=O) groups excluding carboxylic acids is 1. The number of aryl methyl sites for hydroxylation is 3. The Labute approximate surface area is 169 Å². The molecule has 1 N–H and O–H groups in total. The summed E-state index contributed by atoms with van der Waals surface area (Å²) in [5, 5.41) is 12.3. The second kappa shape index (κ2) is 8.84. The summed E-state index contributed by atoms with van der Waals surface area (Å²) in [5.74, 6) is 0.910. The number of amides is 1. The Kier molecular flexibility index (Phi) is 6.26. The van der Waals surface area contributed by atoms with Crippen LogP contribution in [0, 0.1) is 20.8 Å². The first-order valence-electron chi connectivity index (χ1n) is 8.94. The minimum Gasteiger partial charge on any atom is -0.325 e. The third-order valence-corrected chi connectivity index (χ3v) is 5.21. The molecule has 3 aromatic rings. The van der Waals surface area contributed by atoms with Crippen molar-refractivity contribution in [2.45, 2.75) is 32.5 Å². The zero-order valence-corrected chi connectivity index (χ0v) is 17.1. The number of hydrogen-bond donors (Lipinski definition) is 1. The highest BCUT2D eigenvalue weighted by Gasteiger charge is 2.15. The van der Waals surface area contributed by atoms with E-state index in [1.165, 1.54) is 17.3 Å². The lowest BCUT2D eigenvalue weighted by molar-refractivity contribution is -0.113. The third kappa shape index (κ3) is 4.48. The minimum atomic E-state index is -0.0707. The van der Waals surface area contributed by atoms with Crippen LogP contribution in [0.5, 0.6) is 0 Å². The highest BCUT2D eigenvalue weighted by atomic mass is 32.2. The van der Waals surface area contributed by atoms with E-state index in [-0.39, 0.29) is 11.7 Å². The number of rotatable bonds is 7. The first-order valence-corrected chi connectivity index (χ1v) is 9.93. The van der Waals surface area contributed by atoms with Gasteiger partial charge in [-0.1, -0.05) is 35.5 Å². The molecule has 0 spiro atoms. The molecular formula is C21H23N5OS. The summed E-state index contributed by atoms with van der Waals surface area (Å²) in [4.78, 5) is 16.5. The number of thioether (sulfide) groups is 1. The number of anilines is 1.